The predicted octanol–water partition coefficient (Wildman–Crippen LogP) is 2.42. The molecule has 1 aromatic carbocycles. The van der Waals surface area contributed by atoms with E-state index in [0.717, 1.165) is 5.56 Å². The number of H-pyrrole nitrogens is 1. The lowest BCUT2D eigenvalue weighted by molar-refractivity contribution is -0.384. The summed E-state index contributed by atoms with van der Waals surface area (Å²) in [6.07, 6.45) is 0. The van der Waals surface area contributed by atoms with Gasteiger partial charge in [-0.15, -0.1) is 5.10 Å². The Hall–Kier alpha value is -2.13. The highest BCUT2D eigenvalue weighted by molar-refractivity contribution is 7.71. The maximum Gasteiger partial charge on any atom is 0.269 e. The van der Waals surface area contributed by atoms with E-state index >= 15 is 0 Å². The number of benzene rings is 1. The number of nitrogens with one attached hydrogen (secondary N) is 1. The first-order chi connectivity index (χ1) is 8.65. The Labute approximate surface area is 109 Å². The van der Waals surface area contributed by atoms with Crippen LogP contribution < -0.4 is 0 Å². The summed E-state index contributed by atoms with van der Waals surface area (Å²) in [6.45, 7) is 0. The molecular weight excluding hydrogens is 274 g/mol. The van der Waals surface area contributed by atoms with Crippen LogP contribution in [0.25, 0.3) is 15.5 Å². The molecule has 2 aromatic heterocycles. The summed E-state index contributed by atoms with van der Waals surface area (Å²) >= 11 is 6.36. The van der Waals surface area contributed by atoms with Gasteiger partial charge < -0.3 is 0 Å². The standard InChI is InChI=1S/C9H5N5O2S2/c15-14(16)6-3-1-5(2-4-6)7-12-13-8(17)10-11-9(13)18-7/h1-4H,(H,10,17). The number of non-ortho nitro benzene ring substituents is 1. The van der Waals surface area contributed by atoms with Crippen LogP contribution in [0.1, 0.15) is 0 Å². The SMILES string of the molecule is O=[N+]([O-])c1ccc(-c2nn3c(=S)[nH]nc3s2)cc1. The molecule has 2 heterocycles. The van der Waals surface area contributed by atoms with Crippen LogP contribution in [-0.4, -0.2) is 24.7 Å². The van der Waals surface area contributed by atoms with E-state index in [2.05, 4.69) is 15.3 Å². The summed E-state index contributed by atoms with van der Waals surface area (Å²) < 4.78 is 1.95. The van der Waals surface area contributed by atoms with E-state index in [4.69, 9.17) is 12.2 Å². The predicted molar refractivity (Wildman–Crippen MR) is 68.1 cm³/mol. The summed E-state index contributed by atoms with van der Waals surface area (Å²) in [4.78, 5) is 10.8. The van der Waals surface area contributed by atoms with Crippen LogP contribution in [0.2, 0.25) is 0 Å². The number of nitro benzene ring substituents is 1. The first-order valence-corrected chi connectivity index (χ1v) is 6.07. The number of nitro groups is 1. The lowest BCUT2D eigenvalue weighted by atomic mass is 10.2. The Morgan fingerprint density at radius 3 is 2.72 bits per heavy atom. The molecule has 0 spiro atoms. The van der Waals surface area contributed by atoms with Gasteiger partial charge in [0.05, 0.1) is 4.92 Å². The molecule has 0 saturated heterocycles. The molecule has 0 saturated carbocycles. The molecular formula is C9H5N5O2S2. The van der Waals surface area contributed by atoms with Gasteiger partial charge >= 0.3 is 0 Å². The third kappa shape index (κ3) is 1.69. The molecule has 3 aromatic rings. The average Bonchev–Trinajstić information content (AvgIpc) is 2.92. The topological polar surface area (TPSA) is 89.1 Å². The van der Waals surface area contributed by atoms with Crippen molar-refractivity contribution >= 4 is 34.2 Å². The second-order valence-corrected chi connectivity index (χ2v) is 4.78. The van der Waals surface area contributed by atoms with E-state index in [1.165, 1.54) is 28.0 Å². The van der Waals surface area contributed by atoms with Crippen molar-refractivity contribution in [2.24, 2.45) is 0 Å². The zero-order chi connectivity index (χ0) is 12.7. The Morgan fingerprint density at radius 2 is 2.11 bits per heavy atom. The van der Waals surface area contributed by atoms with Crippen LogP contribution in [0.15, 0.2) is 24.3 Å². The smallest absolute Gasteiger partial charge is 0.258 e. The van der Waals surface area contributed by atoms with Gasteiger partial charge in [0.2, 0.25) is 9.73 Å². The van der Waals surface area contributed by atoms with E-state index in [9.17, 15) is 10.1 Å². The van der Waals surface area contributed by atoms with Gasteiger partial charge in [-0.25, -0.2) is 5.10 Å². The third-order valence-electron chi connectivity index (χ3n) is 2.32. The second kappa shape index (κ2) is 3.96. The molecule has 0 atom stereocenters. The zero-order valence-corrected chi connectivity index (χ0v) is 10.4. The fourth-order valence-corrected chi connectivity index (χ4v) is 2.56. The minimum Gasteiger partial charge on any atom is -0.258 e. The van der Waals surface area contributed by atoms with Crippen molar-refractivity contribution in [1.82, 2.24) is 19.8 Å². The van der Waals surface area contributed by atoms with Crippen molar-refractivity contribution < 1.29 is 4.92 Å². The summed E-state index contributed by atoms with van der Waals surface area (Å²) in [7, 11) is 0. The van der Waals surface area contributed by atoms with Gasteiger partial charge in [0, 0.05) is 17.7 Å². The van der Waals surface area contributed by atoms with Gasteiger partial charge in [-0.05, 0) is 24.4 Å². The van der Waals surface area contributed by atoms with Crippen LogP contribution in [0, 0.1) is 14.9 Å². The van der Waals surface area contributed by atoms with E-state index in [0.29, 0.717) is 14.7 Å². The van der Waals surface area contributed by atoms with Crippen LogP contribution in [0.5, 0.6) is 0 Å². The zero-order valence-electron chi connectivity index (χ0n) is 8.73. The van der Waals surface area contributed by atoms with Gasteiger partial charge in [0.25, 0.3) is 5.69 Å². The molecule has 18 heavy (non-hydrogen) atoms. The van der Waals surface area contributed by atoms with Crippen LogP contribution in [0.4, 0.5) is 5.69 Å². The number of fused-ring (bicyclic) bond motifs is 1. The van der Waals surface area contributed by atoms with Crippen LogP contribution in [-0.2, 0) is 0 Å². The second-order valence-electron chi connectivity index (χ2n) is 3.43. The van der Waals surface area contributed by atoms with Crippen molar-refractivity contribution in [3.8, 4) is 10.6 Å². The number of aromatic nitrogens is 4. The maximum atomic E-state index is 10.6. The molecule has 3 rings (SSSR count). The van der Waals surface area contributed by atoms with Crippen LogP contribution >= 0.6 is 23.6 Å². The summed E-state index contributed by atoms with van der Waals surface area (Å²) in [5, 5.41) is 22.2. The Bertz CT molecular complexity index is 785. The Kier molecular flexibility index (Phi) is 2.42. The summed E-state index contributed by atoms with van der Waals surface area (Å²) in [5.74, 6) is 0. The number of nitrogens with zero attached hydrogens (tertiary/aromatic N) is 4. The number of hydrogen-bond acceptors (Lipinski definition) is 6. The average molecular weight is 279 g/mol. The normalized spacial score (nSPS) is 10.9. The third-order valence-corrected chi connectivity index (χ3v) is 3.55. The Morgan fingerprint density at radius 1 is 1.39 bits per heavy atom. The molecule has 0 aliphatic rings. The minimum atomic E-state index is -0.436. The van der Waals surface area contributed by atoms with Crippen LogP contribution in [0.3, 0.4) is 0 Å². The molecule has 0 fully saturated rings. The molecule has 0 amide bonds. The van der Waals surface area contributed by atoms with E-state index in [1.54, 1.807) is 12.1 Å². The molecule has 0 unspecified atom stereocenters. The molecule has 7 nitrogen and oxygen atoms in total. The van der Waals surface area contributed by atoms with Gasteiger partial charge in [-0.1, -0.05) is 11.3 Å². The summed E-state index contributed by atoms with van der Waals surface area (Å²) in [5.41, 5.74) is 0.850. The van der Waals surface area contributed by atoms with E-state index < -0.39 is 4.92 Å². The summed E-state index contributed by atoms with van der Waals surface area (Å²) in [6, 6.07) is 6.20. The van der Waals surface area contributed by atoms with Gasteiger partial charge in [-0.3, -0.25) is 10.1 Å². The molecule has 0 radical (unpaired) electrons. The first-order valence-electron chi connectivity index (χ1n) is 4.84. The van der Waals surface area contributed by atoms with E-state index in [1.807, 2.05) is 0 Å². The monoisotopic (exact) mass is 279 g/mol. The highest BCUT2D eigenvalue weighted by Crippen LogP contribution is 2.26. The van der Waals surface area contributed by atoms with Gasteiger partial charge in [0.15, 0.2) is 0 Å². The maximum absolute atomic E-state index is 10.6. The molecule has 90 valence electrons. The van der Waals surface area contributed by atoms with Crippen molar-refractivity contribution in [2.45, 2.75) is 0 Å². The van der Waals surface area contributed by atoms with Crippen molar-refractivity contribution in [3.05, 3.63) is 39.2 Å². The van der Waals surface area contributed by atoms with Crippen molar-refractivity contribution in [2.75, 3.05) is 0 Å². The fraction of sp³-hybridized carbons (Fsp3) is 0. The highest BCUT2D eigenvalue weighted by Gasteiger charge is 2.10. The lowest BCUT2D eigenvalue weighted by Crippen LogP contribution is -1.88. The number of rotatable bonds is 2. The fourth-order valence-electron chi connectivity index (χ4n) is 1.47. The molecule has 0 aliphatic carbocycles. The quantitative estimate of drug-likeness (QED) is 0.442. The number of aromatic amines is 1. The van der Waals surface area contributed by atoms with Crippen molar-refractivity contribution in [1.29, 1.82) is 0 Å². The van der Waals surface area contributed by atoms with E-state index in [-0.39, 0.29) is 5.69 Å². The first kappa shape index (κ1) is 11.0. The highest BCUT2D eigenvalue weighted by atomic mass is 32.1. The van der Waals surface area contributed by atoms with Crippen molar-refractivity contribution in [3.63, 3.8) is 0 Å². The Balaban J connectivity index is 2.08. The largest absolute Gasteiger partial charge is 0.269 e. The number of hydrogen-bond donors (Lipinski definition) is 1. The molecule has 1 N–H and O–H groups in total. The van der Waals surface area contributed by atoms with Gasteiger partial charge in [0.1, 0.15) is 5.01 Å². The minimum absolute atomic E-state index is 0.0531. The lowest BCUT2D eigenvalue weighted by Gasteiger charge is -1.94. The molecule has 9 heteroatoms. The molecule has 0 bridgehead atoms. The molecule has 0 aliphatic heterocycles. The van der Waals surface area contributed by atoms with Gasteiger partial charge in [-0.2, -0.15) is 9.61 Å².